The Morgan fingerprint density at radius 1 is 0.794 bits per heavy atom. The first-order chi connectivity index (χ1) is 16.8. The van der Waals surface area contributed by atoms with Crippen molar-refractivity contribution in [1.29, 1.82) is 0 Å². The quantitative estimate of drug-likeness (QED) is 0.219. The molecule has 0 saturated carbocycles. The first kappa shape index (κ1) is 26.1. The third-order valence-electron chi connectivity index (χ3n) is 6.41. The molecule has 0 spiro atoms. The summed E-state index contributed by atoms with van der Waals surface area (Å²) < 4.78 is 17.9. The second-order valence-electron chi connectivity index (χ2n) is 9.29. The number of pyridine rings is 1. The molecule has 4 heteroatoms. The molecule has 1 aromatic heterocycles. The van der Waals surface area contributed by atoms with E-state index in [0.29, 0.717) is 11.6 Å². The first-order valence-electron chi connectivity index (χ1n) is 13.5. The fraction of sp³-hybridized carbons (Fsp3) is 0.567. The Bertz CT molecular complexity index is 846. The molecule has 0 fully saturated rings. The Balaban J connectivity index is 1.43. The molecule has 0 amide bonds. The van der Waals surface area contributed by atoms with E-state index in [2.05, 4.69) is 43.1 Å². The average Bonchev–Trinajstić information content (AvgIpc) is 3.36. The predicted octanol–water partition coefficient (Wildman–Crippen LogP) is 8.77. The summed E-state index contributed by atoms with van der Waals surface area (Å²) in [5, 5.41) is 0. The molecule has 1 atom stereocenters. The fourth-order valence-electron chi connectivity index (χ4n) is 4.33. The zero-order valence-corrected chi connectivity index (χ0v) is 21.3. The molecule has 0 N–H and O–H groups in total. The van der Waals surface area contributed by atoms with Crippen molar-refractivity contribution in [2.24, 2.45) is 0 Å². The molecule has 3 rings (SSSR count). The van der Waals surface area contributed by atoms with E-state index in [4.69, 9.17) is 14.2 Å². The van der Waals surface area contributed by atoms with Gasteiger partial charge in [0.2, 0.25) is 5.88 Å². The van der Waals surface area contributed by atoms with Crippen LogP contribution >= 0.6 is 0 Å². The van der Waals surface area contributed by atoms with E-state index in [1.165, 1.54) is 76.2 Å². The van der Waals surface area contributed by atoms with Gasteiger partial charge in [-0.05, 0) is 30.9 Å². The lowest BCUT2D eigenvalue weighted by molar-refractivity contribution is -0.0177. The second-order valence-corrected chi connectivity index (χ2v) is 9.29. The lowest BCUT2D eigenvalue weighted by Crippen LogP contribution is -2.04. The van der Waals surface area contributed by atoms with Crippen LogP contribution in [0.15, 0.2) is 48.9 Å². The summed E-state index contributed by atoms with van der Waals surface area (Å²) in [4.78, 5) is 4.46. The van der Waals surface area contributed by atoms with Gasteiger partial charge in [0.05, 0.1) is 6.61 Å². The van der Waals surface area contributed by atoms with Crippen molar-refractivity contribution in [3.05, 3.63) is 65.5 Å². The van der Waals surface area contributed by atoms with Gasteiger partial charge in [0.25, 0.3) is 6.29 Å². The van der Waals surface area contributed by atoms with Gasteiger partial charge in [-0.1, -0.05) is 102 Å². The number of hydrogen-bond donors (Lipinski definition) is 0. The van der Waals surface area contributed by atoms with Gasteiger partial charge in [0, 0.05) is 23.4 Å². The summed E-state index contributed by atoms with van der Waals surface area (Å²) in [5.74, 6) is 1.38. The minimum atomic E-state index is -0.394. The van der Waals surface area contributed by atoms with Crippen LogP contribution in [0.25, 0.3) is 5.76 Å². The number of nitrogens with zero attached hydrogens (tertiary/aromatic N) is 1. The number of benzene rings is 1. The highest BCUT2D eigenvalue weighted by Gasteiger charge is 2.25. The van der Waals surface area contributed by atoms with E-state index >= 15 is 0 Å². The van der Waals surface area contributed by atoms with Gasteiger partial charge in [0.15, 0.2) is 5.76 Å². The molecule has 4 nitrogen and oxygen atoms in total. The van der Waals surface area contributed by atoms with Crippen molar-refractivity contribution < 1.29 is 14.2 Å². The highest BCUT2D eigenvalue weighted by Crippen LogP contribution is 2.35. The van der Waals surface area contributed by atoms with Gasteiger partial charge in [-0.25, -0.2) is 4.98 Å². The lowest BCUT2D eigenvalue weighted by atomic mass is 10.00. The van der Waals surface area contributed by atoms with E-state index < -0.39 is 6.29 Å². The van der Waals surface area contributed by atoms with Gasteiger partial charge < -0.3 is 14.2 Å². The van der Waals surface area contributed by atoms with E-state index in [1.54, 1.807) is 12.5 Å². The average molecular weight is 466 g/mol. The van der Waals surface area contributed by atoms with Crippen molar-refractivity contribution in [2.45, 2.75) is 104 Å². The Hall–Kier alpha value is -2.49. The molecule has 1 unspecified atom stereocenters. The van der Waals surface area contributed by atoms with Crippen molar-refractivity contribution >= 4 is 5.76 Å². The van der Waals surface area contributed by atoms with Crippen LogP contribution in [0.1, 0.15) is 114 Å². The molecule has 1 aliphatic rings. The van der Waals surface area contributed by atoms with E-state index in [-0.39, 0.29) is 0 Å². The molecule has 186 valence electrons. The third kappa shape index (κ3) is 8.70. The maximum Gasteiger partial charge on any atom is 0.267 e. The molecule has 1 aromatic carbocycles. The summed E-state index contributed by atoms with van der Waals surface area (Å²) in [6, 6.07) is 12.4. The molecule has 0 aliphatic carbocycles. The molecule has 0 bridgehead atoms. The lowest BCUT2D eigenvalue weighted by Gasteiger charge is -2.16. The molecular weight excluding hydrogens is 422 g/mol. The highest BCUT2D eigenvalue weighted by atomic mass is 16.7. The number of aromatic nitrogens is 1. The molecule has 34 heavy (non-hydrogen) atoms. The number of aryl methyl sites for hydroxylation is 1. The molecule has 0 radical (unpaired) electrons. The van der Waals surface area contributed by atoms with E-state index in [0.717, 1.165) is 30.6 Å². The van der Waals surface area contributed by atoms with Crippen molar-refractivity contribution in [3.8, 4) is 5.88 Å². The monoisotopic (exact) mass is 465 g/mol. The van der Waals surface area contributed by atoms with Crippen LogP contribution in [-0.2, 0) is 15.9 Å². The first-order valence-corrected chi connectivity index (χ1v) is 13.5. The third-order valence-corrected chi connectivity index (χ3v) is 6.41. The Kier molecular flexibility index (Phi) is 11.8. The standard InChI is InChI=1S/C30H43NO3/c1-3-5-7-9-11-13-17-25-18-14-15-19-27(25)30-33-24-28(34-30)26-20-21-29(31-23-26)32-22-16-12-10-8-6-4-2/h14-15,18-21,23-24,30H,3-13,16-17,22H2,1-2H3. The summed E-state index contributed by atoms with van der Waals surface area (Å²) in [5.41, 5.74) is 3.34. The van der Waals surface area contributed by atoms with Crippen LogP contribution < -0.4 is 4.74 Å². The Labute approximate surface area is 206 Å². The number of ether oxygens (including phenoxy) is 3. The SMILES string of the molecule is CCCCCCCCOc1ccc(C2=COC(c3ccccc3CCCCCCCC)O2)cn1. The second kappa shape index (κ2) is 15.4. The predicted molar refractivity (Wildman–Crippen MR) is 140 cm³/mol. The number of unbranched alkanes of at least 4 members (excludes halogenated alkanes) is 10. The van der Waals surface area contributed by atoms with Gasteiger partial charge in [-0.2, -0.15) is 0 Å². The van der Waals surface area contributed by atoms with Crippen LogP contribution in [0, 0.1) is 0 Å². The summed E-state index contributed by atoms with van der Waals surface area (Å²) >= 11 is 0. The van der Waals surface area contributed by atoms with E-state index in [1.807, 2.05) is 12.1 Å². The van der Waals surface area contributed by atoms with E-state index in [9.17, 15) is 0 Å². The van der Waals surface area contributed by atoms with Crippen molar-refractivity contribution in [1.82, 2.24) is 4.98 Å². The normalized spacial score (nSPS) is 15.0. The van der Waals surface area contributed by atoms with Crippen LogP contribution in [0.4, 0.5) is 0 Å². The van der Waals surface area contributed by atoms with Gasteiger partial charge >= 0.3 is 0 Å². The molecular formula is C30H43NO3. The Morgan fingerprint density at radius 2 is 1.50 bits per heavy atom. The van der Waals surface area contributed by atoms with Crippen LogP contribution in [0.5, 0.6) is 5.88 Å². The zero-order valence-electron chi connectivity index (χ0n) is 21.3. The summed E-state index contributed by atoms with van der Waals surface area (Å²) in [6.45, 7) is 5.22. The topological polar surface area (TPSA) is 40.6 Å². The largest absolute Gasteiger partial charge is 0.478 e. The van der Waals surface area contributed by atoms with Crippen LogP contribution in [0.3, 0.4) is 0 Å². The zero-order chi connectivity index (χ0) is 23.8. The summed E-state index contributed by atoms with van der Waals surface area (Å²) in [7, 11) is 0. The van der Waals surface area contributed by atoms with Gasteiger partial charge in [-0.15, -0.1) is 0 Å². The maximum atomic E-state index is 6.18. The van der Waals surface area contributed by atoms with Crippen LogP contribution in [-0.4, -0.2) is 11.6 Å². The molecule has 1 aliphatic heterocycles. The minimum absolute atomic E-state index is 0.394. The highest BCUT2D eigenvalue weighted by molar-refractivity contribution is 5.59. The molecule has 0 saturated heterocycles. The summed E-state index contributed by atoms with van der Waals surface area (Å²) in [6.07, 6.45) is 19.5. The number of hydrogen-bond acceptors (Lipinski definition) is 4. The smallest absolute Gasteiger partial charge is 0.267 e. The Morgan fingerprint density at radius 3 is 2.24 bits per heavy atom. The van der Waals surface area contributed by atoms with Gasteiger partial charge in [-0.3, -0.25) is 0 Å². The fourth-order valence-corrected chi connectivity index (χ4v) is 4.33. The van der Waals surface area contributed by atoms with Crippen molar-refractivity contribution in [3.63, 3.8) is 0 Å². The van der Waals surface area contributed by atoms with Crippen LogP contribution in [0.2, 0.25) is 0 Å². The maximum absolute atomic E-state index is 6.18. The number of rotatable bonds is 17. The van der Waals surface area contributed by atoms with Gasteiger partial charge in [0.1, 0.15) is 6.26 Å². The minimum Gasteiger partial charge on any atom is -0.478 e. The van der Waals surface area contributed by atoms with Crippen molar-refractivity contribution in [2.75, 3.05) is 6.61 Å². The molecule has 2 heterocycles. The molecule has 2 aromatic rings.